The third-order valence-corrected chi connectivity index (χ3v) is 10.6. The molecule has 6 heteroatoms. The number of unbranched alkanes of at least 4 members (excludes halogenated alkanes) is 19. The van der Waals surface area contributed by atoms with E-state index in [1.54, 1.807) is 0 Å². The molecule has 0 rings (SSSR count). The summed E-state index contributed by atoms with van der Waals surface area (Å²) in [6.45, 7) is 6.29. The molecule has 0 aliphatic carbocycles. The van der Waals surface area contributed by atoms with E-state index < -0.39 is 18.2 Å². The first kappa shape index (κ1) is 56.0. The van der Waals surface area contributed by atoms with E-state index in [0.29, 0.717) is 19.3 Å². The van der Waals surface area contributed by atoms with Crippen molar-refractivity contribution in [1.29, 1.82) is 0 Å². The molecule has 338 valence electrons. The number of esters is 1. The Balaban J connectivity index is 4.76. The van der Waals surface area contributed by atoms with Crippen molar-refractivity contribution >= 4 is 11.9 Å². The smallest absolute Gasteiger partial charge is 0.306 e. The molecule has 0 bridgehead atoms. The summed E-state index contributed by atoms with van der Waals surface area (Å²) in [6, 6.07) is -0.722. The summed E-state index contributed by atoms with van der Waals surface area (Å²) in [7, 11) is 0. The average Bonchev–Trinajstić information content (AvgIpc) is 3.23. The zero-order valence-corrected chi connectivity index (χ0v) is 38.4. The van der Waals surface area contributed by atoms with Crippen molar-refractivity contribution in [3.05, 3.63) is 85.1 Å². The van der Waals surface area contributed by atoms with Crippen molar-refractivity contribution in [3.8, 4) is 0 Å². The Bertz CT molecular complexity index is 1150. The number of allylic oxidation sites excluding steroid dienone is 14. The Morgan fingerprint density at radius 3 is 1.59 bits per heavy atom. The molecule has 0 aliphatic heterocycles. The van der Waals surface area contributed by atoms with E-state index in [9.17, 15) is 19.8 Å². The van der Waals surface area contributed by atoms with E-state index in [4.69, 9.17) is 4.74 Å². The monoisotopic (exact) mass is 822 g/mol. The number of ether oxygens (including phenoxy) is 1. The number of amides is 1. The number of rotatable bonds is 42. The lowest BCUT2D eigenvalue weighted by atomic mass is 10.0. The van der Waals surface area contributed by atoms with Gasteiger partial charge in [-0.05, 0) is 83.5 Å². The molecule has 0 saturated heterocycles. The van der Waals surface area contributed by atoms with Crippen LogP contribution in [0.25, 0.3) is 0 Å². The fourth-order valence-electron chi connectivity index (χ4n) is 6.87. The van der Waals surface area contributed by atoms with Gasteiger partial charge in [0, 0.05) is 6.42 Å². The second kappa shape index (κ2) is 46.1. The summed E-state index contributed by atoms with van der Waals surface area (Å²) in [4.78, 5) is 26.1. The molecular formula is C53H91NO5. The van der Waals surface area contributed by atoms with Gasteiger partial charge in [0.2, 0.25) is 5.91 Å². The Kier molecular flexibility index (Phi) is 43.8. The Morgan fingerprint density at radius 1 is 0.525 bits per heavy atom. The van der Waals surface area contributed by atoms with E-state index >= 15 is 0 Å². The summed E-state index contributed by atoms with van der Waals surface area (Å²) in [5, 5.41) is 23.7. The van der Waals surface area contributed by atoms with Gasteiger partial charge in [0.25, 0.3) is 0 Å². The van der Waals surface area contributed by atoms with E-state index in [2.05, 4.69) is 99.0 Å². The normalized spacial score (nSPS) is 14.1. The third kappa shape index (κ3) is 41.6. The van der Waals surface area contributed by atoms with Crippen molar-refractivity contribution in [1.82, 2.24) is 5.32 Å². The van der Waals surface area contributed by atoms with Crippen LogP contribution in [0.1, 0.15) is 213 Å². The van der Waals surface area contributed by atoms with E-state index in [0.717, 1.165) is 103 Å². The van der Waals surface area contributed by atoms with Gasteiger partial charge < -0.3 is 20.3 Å². The summed E-state index contributed by atoms with van der Waals surface area (Å²) >= 11 is 0. The molecule has 1 amide bonds. The Hall–Kier alpha value is -2.96. The van der Waals surface area contributed by atoms with Crippen molar-refractivity contribution in [2.45, 2.75) is 232 Å². The molecule has 6 nitrogen and oxygen atoms in total. The minimum Gasteiger partial charge on any atom is -0.462 e. The summed E-state index contributed by atoms with van der Waals surface area (Å²) in [6.07, 6.45) is 59.2. The van der Waals surface area contributed by atoms with Crippen molar-refractivity contribution in [2.75, 3.05) is 6.61 Å². The SMILES string of the molecule is CC/C=C/C/C=C/C/C=C/CCCCCCC(=O)OC(CCCCC/C=C/C=C/C=C/C=C/CCCCC)CC(=O)NC(CO)C(O)CCCCCCCCCCCC. The largest absolute Gasteiger partial charge is 0.462 e. The fourth-order valence-corrected chi connectivity index (χ4v) is 6.87. The number of carbonyl (C=O) groups is 2. The maximum atomic E-state index is 13.2. The molecule has 0 saturated carbocycles. The molecular weight excluding hydrogens is 731 g/mol. The van der Waals surface area contributed by atoms with Crippen LogP contribution in [0.2, 0.25) is 0 Å². The average molecular weight is 822 g/mol. The highest BCUT2D eigenvalue weighted by atomic mass is 16.5. The lowest BCUT2D eigenvalue weighted by Crippen LogP contribution is -2.46. The van der Waals surface area contributed by atoms with E-state index in [-0.39, 0.29) is 24.9 Å². The predicted octanol–water partition coefficient (Wildman–Crippen LogP) is 14.4. The molecule has 0 aromatic heterocycles. The van der Waals surface area contributed by atoms with Crippen LogP contribution in [0, 0.1) is 0 Å². The van der Waals surface area contributed by atoms with Gasteiger partial charge in [-0.2, -0.15) is 0 Å². The Morgan fingerprint density at radius 2 is 0.983 bits per heavy atom. The lowest BCUT2D eigenvalue weighted by Gasteiger charge is -2.24. The quantitative estimate of drug-likeness (QED) is 0.0247. The minimum absolute atomic E-state index is 0.0380. The maximum Gasteiger partial charge on any atom is 0.306 e. The molecule has 0 aliphatic rings. The predicted molar refractivity (Wildman–Crippen MR) is 254 cm³/mol. The number of nitrogens with one attached hydrogen (secondary N) is 1. The first-order valence-electron chi connectivity index (χ1n) is 24.4. The van der Waals surface area contributed by atoms with Crippen LogP contribution < -0.4 is 5.32 Å². The molecule has 0 radical (unpaired) electrons. The number of carbonyl (C=O) groups excluding carboxylic acids is 2. The highest BCUT2D eigenvalue weighted by Crippen LogP contribution is 2.17. The van der Waals surface area contributed by atoms with Crippen LogP contribution in [0.3, 0.4) is 0 Å². The van der Waals surface area contributed by atoms with Gasteiger partial charge in [0.05, 0.1) is 25.2 Å². The first-order chi connectivity index (χ1) is 29.0. The van der Waals surface area contributed by atoms with Crippen LogP contribution in [-0.2, 0) is 14.3 Å². The Labute approximate surface area is 363 Å². The molecule has 3 atom stereocenters. The van der Waals surface area contributed by atoms with Gasteiger partial charge in [0.1, 0.15) is 6.10 Å². The highest BCUT2D eigenvalue weighted by Gasteiger charge is 2.24. The van der Waals surface area contributed by atoms with E-state index in [1.807, 2.05) is 12.2 Å². The van der Waals surface area contributed by atoms with Crippen LogP contribution in [0.15, 0.2) is 85.1 Å². The number of hydrogen-bond acceptors (Lipinski definition) is 5. The standard InChI is InChI=1S/C53H91NO5/c1-4-7-10-13-16-19-22-24-26-27-28-30-32-35-38-41-44-49(59-53(58)46-43-40-37-34-31-29-25-23-20-17-14-11-8-5-2)47-52(57)54-50(48-55)51(56)45-42-39-36-33-21-18-15-12-9-6-3/h8,11,16-17,19-20,22,24-30,49-51,55-56H,4-7,9-10,12-15,18,21,23,31-48H2,1-3H3,(H,54,57)/b11-8+,19-16+,20-17+,24-22+,27-26+,29-25+,30-28+. The topological polar surface area (TPSA) is 95.9 Å². The molecule has 3 N–H and O–H groups in total. The first-order valence-corrected chi connectivity index (χ1v) is 24.4. The number of hydrogen-bond donors (Lipinski definition) is 3. The second-order valence-electron chi connectivity index (χ2n) is 16.2. The number of aliphatic hydroxyl groups excluding tert-OH is 2. The molecule has 3 unspecified atom stereocenters. The zero-order valence-electron chi connectivity index (χ0n) is 38.4. The van der Waals surface area contributed by atoms with Crippen molar-refractivity contribution in [3.63, 3.8) is 0 Å². The van der Waals surface area contributed by atoms with Gasteiger partial charge in [-0.15, -0.1) is 0 Å². The van der Waals surface area contributed by atoms with Gasteiger partial charge in [-0.3, -0.25) is 9.59 Å². The third-order valence-electron chi connectivity index (χ3n) is 10.6. The van der Waals surface area contributed by atoms with Gasteiger partial charge in [0.15, 0.2) is 0 Å². The second-order valence-corrected chi connectivity index (χ2v) is 16.2. The molecule has 0 aromatic carbocycles. The van der Waals surface area contributed by atoms with Crippen molar-refractivity contribution in [2.24, 2.45) is 0 Å². The van der Waals surface area contributed by atoms with Crippen molar-refractivity contribution < 1.29 is 24.5 Å². The zero-order chi connectivity index (χ0) is 43.1. The van der Waals surface area contributed by atoms with Gasteiger partial charge >= 0.3 is 5.97 Å². The van der Waals surface area contributed by atoms with Gasteiger partial charge in [-0.1, -0.05) is 202 Å². The molecule has 59 heavy (non-hydrogen) atoms. The van der Waals surface area contributed by atoms with E-state index in [1.165, 1.54) is 64.2 Å². The van der Waals surface area contributed by atoms with Crippen LogP contribution >= 0.6 is 0 Å². The molecule has 0 spiro atoms. The molecule has 0 fully saturated rings. The van der Waals surface area contributed by atoms with Crippen LogP contribution in [0.4, 0.5) is 0 Å². The maximum absolute atomic E-state index is 13.2. The minimum atomic E-state index is -0.805. The summed E-state index contributed by atoms with van der Waals surface area (Å²) in [5.74, 6) is -0.546. The van der Waals surface area contributed by atoms with Crippen LogP contribution in [-0.4, -0.2) is 46.9 Å². The van der Waals surface area contributed by atoms with Gasteiger partial charge in [-0.25, -0.2) is 0 Å². The highest BCUT2D eigenvalue weighted by molar-refractivity contribution is 5.77. The summed E-state index contributed by atoms with van der Waals surface area (Å²) < 4.78 is 5.89. The summed E-state index contributed by atoms with van der Waals surface area (Å²) in [5.41, 5.74) is 0. The molecule has 0 heterocycles. The molecule has 0 aromatic rings. The number of aliphatic hydroxyl groups is 2. The fraction of sp³-hybridized carbons (Fsp3) is 0.698. The van der Waals surface area contributed by atoms with Crippen LogP contribution in [0.5, 0.6) is 0 Å². The lowest BCUT2D eigenvalue weighted by molar-refractivity contribution is -0.151.